The van der Waals surface area contributed by atoms with Gasteiger partial charge in [0.05, 0.1) is 19.2 Å². The number of hydrogen-bond donors (Lipinski definition) is 1. The van der Waals surface area contributed by atoms with E-state index >= 15 is 0 Å². The minimum absolute atomic E-state index is 0.0353. The molecule has 7 heteroatoms. The number of rotatable bonds is 3. The van der Waals surface area contributed by atoms with Crippen molar-refractivity contribution in [1.82, 2.24) is 19.7 Å². The summed E-state index contributed by atoms with van der Waals surface area (Å²) in [6.45, 7) is -0.185. The third-order valence-corrected chi connectivity index (χ3v) is 3.82. The minimum atomic E-state index is -1.07. The van der Waals surface area contributed by atoms with Crippen LogP contribution in [0.1, 0.15) is 16.8 Å². The molecule has 0 bridgehead atoms. The van der Waals surface area contributed by atoms with Crippen LogP contribution in [-0.2, 0) is 7.05 Å². The Morgan fingerprint density at radius 2 is 2.14 bits per heavy atom. The van der Waals surface area contributed by atoms with Gasteiger partial charge in [0.1, 0.15) is 12.5 Å². The largest absolute Gasteiger partial charge is 0.394 e. The van der Waals surface area contributed by atoms with Crippen molar-refractivity contribution in [2.75, 3.05) is 13.2 Å². The summed E-state index contributed by atoms with van der Waals surface area (Å²) in [5.74, 6) is 0.319. The van der Waals surface area contributed by atoms with Crippen LogP contribution in [0.25, 0.3) is 11.4 Å². The molecule has 1 aliphatic heterocycles. The molecule has 2 heterocycles. The van der Waals surface area contributed by atoms with Gasteiger partial charge in [-0.25, -0.2) is 9.37 Å². The summed E-state index contributed by atoms with van der Waals surface area (Å²) >= 11 is 0. The number of halogens is 1. The van der Waals surface area contributed by atoms with Crippen molar-refractivity contribution < 1.29 is 14.3 Å². The van der Waals surface area contributed by atoms with Crippen molar-refractivity contribution in [1.29, 1.82) is 0 Å². The van der Waals surface area contributed by atoms with Crippen LogP contribution in [0.2, 0.25) is 0 Å². The highest BCUT2D eigenvalue weighted by Gasteiger charge is 2.35. The number of benzene rings is 1. The maximum Gasteiger partial charge on any atom is 0.254 e. The normalized spacial score (nSPS) is 21.3. The number of aliphatic hydroxyl groups excluding tert-OH is 1. The van der Waals surface area contributed by atoms with Crippen LogP contribution >= 0.6 is 0 Å². The molecule has 2 atom stereocenters. The van der Waals surface area contributed by atoms with E-state index in [2.05, 4.69) is 10.1 Å². The Labute approximate surface area is 127 Å². The van der Waals surface area contributed by atoms with E-state index in [0.29, 0.717) is 11.4 Å². The number of carbonyl (C=O) groups is 1. The first-order chi connectivity index (χ1) is 10.6. The number of aromatic nitrogens is 3. The fourth-order valence-corrected chi connectivity index (χ4v) is 2.68. The lowest BCUT2D eigenvalue weighted by Crippen LogP contribution is -2.37. The fourth-order valence-electron chi connectivity index (χ4n) is 2.68. The number of nitrogens with zero attached hydrogens (tertiary/aromatic N) is 4. The first-order valence-electron chi connectivity index (χ1n) is 7.10. The highest BCUT2D eigenvalue weighted by Crippen LogP contribution is 2.23. The molecule has 116 valence electrons. The quantitative estimate of drug-likeness (QED) is 0.919. The average Bonchev–Trinajstić information content (AvgIpc) is 3.12. The molecule has 1 aromatic heterocycles. The van der Waals surface area contributed by atoms with Crippen LogP contribution in [0.3, 0.4) is 0 Å². The van der Waals surface area contributed by atoms with Gasteiger partial charge in [-0.15, -0.1) is 0 Å². The molecule has 1 fully saturated rings. The number of aryl methyl sites for hydroxylation is 1. The zero-order valence-electron chi connectivity index (χ0n) is 12.2. The van der Waals surface area contributed by atoms with Crippen molar-refractivity contribution in [3.05, 3.63) is 36.2 Å². The van der Waals surface area contributed by atoms with E-state index < -0.39 is 12.2 Å². The molecule has 1 saturated heterocycles. The monoisotopic (exact) mass is 304 g/mol. The van der Waals surface area contributed by atoms with Crippen molar-refractivity contribution in [2.24, 2.45) is 7.05 Å². The molecule has 0 saturated carbocycles. The lowest BCUT2D eigenvalue weighted by Gasteiger charge is -2.22. The summed E-state index contributed by atoms with van der Waals surface area (Å²) in [6, 6.07) is 6.43. The van der Waals surface area contributed by atoms with E-state index in [1.54, 1.807) is 42.3 Å². The predicted molar refractivity (Wildman–Crippen MR) is 77.9 cm³/mol. The molecular weight excluding hydrogens is 287 g/mol. The maximum absolute atomic E-state index is 13.5. The topological polar surface area (TPSA) is 71.2 Å². The summed E-state index contributed by atoms with van der Waals surface area (Å²) in [7, 11) is 1.78. The van der Waals surface area contributed by atoms with Crippen LogP contribution in [0.4, 0.5) is 4.39 Å². The molecule has 1 aromatic carbocycles. The molecule has 6 nitrogen and oxygen atoms in total. The fraction of sp³-hybridized carbons (Fsp3) is 0.400. The summed E-state index contributed by atoms with van der Waals surface area (Å²) in [6.07, 6.45) is 0.724. The van der Waals surface area contributed by atoms with Crippen molar-refractivity contribution in [2.45, 2.75) is 18.6 Å². The van der Waals surface area contributed by atoms with E-state index in [9.17, 15) is 14.3 Å². The molecule has 0 aliphatic carbocycles. The Morgan fingerprint density at radius 3 is 2.73 bits per heavy atom. The SMILES string of the molecule is Cn1cnc(-c2ccc(C(=O)N3C[C@@H](F)C[C@H]3CO)cc2)n1. The lowest BCUT2D eigenvalue weighted by molar-refractivity contribution is 0.0673. The Bertz CT molecular complexity index is 670. The molecule has 1 aliphatic rings. The highest BCUT2D eigenvalue weighted by molar-refractivity contribution is 5.95. The third-order valence-electron chi connectivity index (χ3n) is 3.82. The van der Waals surface area contributed by atoms with Gasteiger partial charge < -0.3 is 10.0 Å². The van der Waals surface area contributed by atoms with Crippen LogP contribution < -0.4 is 0 Å². The summed E-state index contributed by atoms with van der Waals surface area (Å²) in [5.41, 5.74) is 1.27. The molecule has 1 N–H and O–H groups in total. The molecule has 3 rings (SSSR count). The van der Waals surface area contributed by atoms with Crippen molar-refractivity contribution >= 4 is 5.91 Å². The van der Waals surface area contributed by atoms with Crippen LogP contribution in [0, 0.1) is 0 Å². The van der Waals surface area contributed by atoms with E-state index in [-0.39, 0.29) is 25.5 Å². The van der Waals surface area contributed by atoms with E-state index in [4.69, 9.17) is 0 Å². The standard InChI is InChI=1S/C15H17FN4O2/c1-19-9-17-14(18-19)10-2-4-11(5-3-10)15(22)20-7-12(16)6-13(20)8-21/h2-5,9,12-13,21H,6-8H2,1H3/t12-,13-/m0/s1. The number of amides is 1. The van der Waals surface area contributed by atoms with Gasteiger partial charge in [0.25, 0.3) is 5.91 Å². The lowest BCUT2D eigenvalue weighted by atomic mass is 10.1. The predicted octanol–water partition coefficient (Wildman–Crippen LogP) is 1.03. The molecule has 0 unspecified atom stereocenters. The van der Waals surface area contributed by atoms with Gasteiger partial charge in [-0.05, 0) is 12.1 Å². The molecule has 1 amide bonds. The maximum atomic E-state index is 13.5. The zero-order valence-corrected chi connectivity index (χ0v) is 12.2. The van der Waals surface area contributed by atoms with Gasteiger partial charge in [0.2, 0.25) is 0 Å². The summed E-state index contributed by atoms with van der Waals surface area (Å²) in [4.78, 5) is 18.0. The number of hydrogen-bond acceptors (Lipinski definition) is 4. The molecular formula is C15H17FN4O2. The van der Waals surface area contributed by atoms with Crippen LogP contribution in [0.15, 0.2) is 30.6 Å². The number of alkyl halides is 1. The second kappa shape index (κ2) is 5.84. The Balaban J connectivity index is 1.79. The molecule has 2 aromatic rings. The smallest absolute Gasteiger partial charge is 0.254 e. The van der Waals surface area contributed by atoms with Gasteiger partial charge in [-0.3, -0.25) is 9.48 Å². The average molecular weight is 304 g/mol. The zero-order chi connectivity index (χ0) is 15.7. The third kappa shape index (κ3) is 2.71. The highest BCUT2D eigenvalue weighted by atomic mass is 19.1. The molecule has 0 spiro atoms. The Kier molecular flexibility index (Phi) is 3.89. The van der Waals surface area contributed by atoms with Gasteiger partial charge in [0, 0.05) is 24.6 Å². The van der Waals surface area contributed by atoms with Gasteiger partial charge in [0.15, 0.2) is 5.82 Å². The van der Waals surface area contributed by atoms with Gasteiger partial charge >= 0.3 is 0 Å². The van der Waals surface area contributed by atoms with Gasteiger partial charge in [-0.1, -0.05) is 12.1 Å². The molecule has 0 radical (unpaired) electrons. The van der Waals surface area contributed by atoms with Crippen LogP contribution in [0.5, 0.6) is 0 Å². The van der Waals surface area contributed by atoms with E-state index in [1.807, 2.05) is 0 Å². The Hall–Kier alpha value is -2.28. The minimum Gasteiger partial charge on any atom is -0.394 e. The molecule has 22 heavy (non-hydrogen) atoms. The Morgan fingerprint density at radius 1 is 1.41 bits per heavy atom. The summed E-state index contributed by atoms with van der Waals surface area (Å²) in [5, 5.41) is 13.5. The second-order valence-electron chi connectivity index (χ2n) is 5.45. The number of aliphatic hydroxyl groups is 1. The number of likely N-dealkylation sites (tertiary alicyclic amines) is 1. The van der Waals surface area contributed by atoms with E-state index in [1.165, 1.54) is 4.90 Å². The number of carbonyl (C=O) groups excluding carboxylic acids is 1. The van der Waals surface area contributed by atoms with Gasteiger partial charge in [-0.2, -0.15) is 5.10 Å². The van der Waals surface area contributed by atoms with Crippen molar-refractivity contribution in [3.8, 4) is 11.4 Å². The first-order valence-corrected chi connectivity index (χ1v) is 7.10. The first kappa shape index (κ1) is 14.6. The second-order valence-corrected chi connectivity index (χ2v) is 5.45. The van der Waals surface area contributed by atoms with E-state index in [0.717, 1.165) is 5.56 Å². The summed E-state index contributed by atoms with van der Waals surface area (Å²) < 4.78 is 15.1. The van der Waals surface area contributed by atoms with Crippen molar-refractivity contribution in [3.63, 3.8) is 0 Å². The van der Waals surface area contributed by atoms with Crippen LogP contribution in [-0.4, -0.2) is 56.0 Å².